The molecule has 0 radical (unpaired) electrons. The van der Waals surface area contributed by atoms with Crippen LogP contribution in [-0.2, 0) is 0 Å². The second kappa shape index (κ2) is 8.42. The Morgan fingerprint density at radius 3 is 2.38 bits per heavy atom. The highest BCUT2D eigenvalue weighted by Crippen LogP contribution is 2.25. The van der Waals surface area contributed by atoms with Crippen LogP contribution in [0, 0.1) is 17.7 Å². The van der Waals surface area contributed by atoms with E-state index in [-0.39, 0.29) is 11.1 Å². The van der Waals surface area contributed by atoms with Crippen LogP contribution in [0.15, 0.2) is 72.8 Å². The summed E-state index contributed by atoms with van der Waals surface area (Å²) in [4.78, 5) is 0. The summed E-state index contributed by atoms with van der Waals surface area (Å²) < 4.78 is 18.7. The number of hydrogen-bond donors (Lipinski definition) is 1. The van der Waals surface area contributed by atoms with Gasteiger partial charge in [0.15, 0.2) is 0 Å². The van der Waals surface area contributed by atoms with Crippen LogP contribution in [0.1, 0.15) is 17.2 Å². The number of hydrogen-bond acceptors (Lipinski definition) is 2. The molecule has 0 aromatic heterocycles. The fraction of sp³-hybridized carbons (Fsp3) is 0.0909. The zero-order chi connectivity index (χ0) is 18.4. The molecule has 4 heteroatoms. The zero-order valence-corrected chi connectivity index (χ0v) is 14.9. The largest absolute Gasteiger partial charge is 0.497 e. The van der Waals surface area contributed by atoms with E-state index in [0.29, 0.717) is 0 Å². The molecule has 1 atom stereocenters. The number of halogens is 2. The summed E-state index contributed by atoms with van der Waals surface area (Å²) in [5, 5.41) is 3.43. The van der Waals surface area contributed by atoms with E-state index < -0.39 is 5.82 Å². The number of ether oxygens (including phenoxy) is 1. The normalized spacial score (nSPS) is 11.2. The first-order valence-electron chi connectivity index (χ1n) is 8.08. The first kappa shape index (κ1) is 17.8. The maximum Gasteiger partial charge on any atom is 0.141 e. The second-order valence-corrected chi connectivity index (χ2v) is 6.02. The van der Waals surface area contributed by atoms with Crippen LogP contribution >= 0.6 is 11.6 Å². The fourth-order valence-corrected chi connectivity index (χ4v) is 2.61. The average Bonchev–Trinajstić information content (AvgIpc) is 2.68. The summed E-state index contributed by atoms with van der Waals surface area (Å²) in [5.74, 6) is 6.67. The van der Waals surface area contributed by atoms with E-state index in [1.54, 1.807) is 19.2 Å². The van der Waals surface area contributed by atoms with Crippen molar-refractivity contribution in [3.05, 3.63) is 94.8 Å². The van der Waals surface area contributed by atoms with E-state index in [9.17, 15) is 4.39 Å². The van der Waals surface area contributed by atoms with Gasteiger partial charge in [-0.1, -0.05) is 47.7 Å². The van der Waals surface area contributed by atoms with Crippen LogP contribution in [0.4, 0.5) is 10.1 Å². The van der Waals surface area contributed by atoms with Gasteiger partial charge in [-0.05, 0) is 54.1 Å². The predicted octanol–water partition coefficient (Wildman–Crippen LogP) is 5.69. The van der Waals surface area contributed by atoms with E-state index in [1.807, 2.05) is 54.6 Å². The van der Waals surface area contributed by atoms with Gasteiger partial charge >= 0.3 is 0 Å². The van der Waals surface area contributed by atoms with E-state index >= 15 is 0 Å². The third-order valence-electron chi connectivity index (χ3n) is 3.81. The minimum Gasteiger partial charge on any atom is -0.497 e. The standard InChI is InChI=1S/C22H17ClFNO/c1-26-19-11-9-18(10-12-19)25-22(14-7-16-5-3-2-4-6-16)17-8-13-21(24)20(23)15-17/h2-6,8-13,15,22,25H,1H3/t22-/m0/s1. The molecule has 0 aliphatic heterocycles. The highest BCUT2D eigenvalue weighted by molar-refractivity contribution is 6.30. The van der Waals surface area contributed by atoms with Crippen LogP contribution < -0.4 is 10.1 Å². The zero-order valence-electron chi connectivity index (χ0n) is 14.2. The van der Waals surface area contributed by atoms with E-state index in [4.69, 9.17) is 16.3 Å². The summed E-state index contributed by atoms with van der Waals surface area (Å²) in [6.45, 7) is 0. The molecule has 0 saturated carbocycles. The Kier molecular flexibility index (Phi) is 5.78. The Labute approximate surface area is 157 Å². The van der Waals surface area contributed by atoms with Crippen molar-refractivity contribution in [2.75, 3.05) is 12.4 Å². The lowest BCUT2D eigenvalue weighted by atomic mass is 10.1. The molecule has 0 spiro atoms. The Morgan fingerprint density at radius 2 is 1.73 bits per heavy atom. The van der Waals surface area contributed by atoms with Crippen molar-refractivity contribution in [2.45, 2.75) is 6.04 Å². The summed E-state index contributed by atoms with van der Waals surface area (Å²) in [5.41, 5.74) is 2.57. The van der Waals surface area contributed by atoms with E-state index in [2.05, 4.69) is 17.2 Å². The van der Waals surface area contributed by atoms with E-state index in [1.165, 1.54) is 6.07 Å². The van der Waals surface area contributed by atoms with E-state index in [0.717, 1.165) is 22.6 Å². The number of nitrogens with one attached hydrogen (secondary N) is 1. The van der Waals surface area contributed by atoms with Gasteiger partial charge in [0.1, 0.15) is 17.6 Å². The number of rotatable bonds is 4. The van der Waals surface area contributed by atoms with Crippen molar-refractivity contribution in [2.24, 2.45) is 0 Å². The van der Waals surface area contributed by atoms with Gasteiger partial charge in [0, 0.05) is 11.3 Å². The average molecular weight is 366 g/mol. The molecule has 0 fully saturated rings. The molecule has 0 amide bonds. The van der Waals surface area contributed by atoms with Gasteiger partial charge < -0.3 is 10.1 Å². The highest BCUT2D eigenvalue weighted by atomic mass is 35.5. The first-order chi connectivity index (χ1) is 12.7. The quantitative estimate of drug-likeness (QED) is 0.599. The Balaban J connectivity index is 1.92. The van der Waals surface area contributed by atoms with Crippen LogP contribution in [0.2, 0.25) is 5.02 Å². The topological polar surface area (TPSA) is 21.3 Å². The highest BCUT2D eigenvalue weighted by Gasteiger charge is 2.11. The smallest absolute Gasteiger partial charge is 0.141 e. The third-order valence-corrected chi connectivity index (χ3v) is 4.10. The molecule has 2 nitrogen and oxygen atoms in total. The molecule has 26 heavy (non-hydrogen) atoms. The lowest BCUT2D eigenvalue weighted by molar-refractivity contribution is 0.415. The molecular formula is C22H17ClFNO. The van der Waals surface area contributed by atoms with Crippen molar-refractivity contribution in [3.63, 3.8) is 0 Å². The maximum absolute atomic E-state index is 13.5. The molecule has 0 aliphatic carbocycles. The van der Waals surface area contributed by atoms with Crippen molar-refractivity contribution < 1.29 is 9.13 Å². The summed E-state index contributed by atoms with van der Waals surface area (Å²) >= 11 is 5.95. The molecular weight excluding hydrogens is 349 g/mol. The van der Waals surface area contributed by atoms with Gasteiger partial charge in [-0.2, -0.15) is 0 Å². The molecule has 1 N–H and O–H groups in total. The van der Waals surface area contributed by atoms with Crippen molar-refractivity contribution >= 4 is 17.3 Å². The van der Waals surface area contributed by atoms with Crippen molar-refractivity contribution in [1.29, 1.82) is 0 Å². The number of anilines is 1. The summed E-state index contributed by atoms with van der Waals surface area (Å²) in [6, 6.07) is 21.5. The molecule has 3 aromatic rings. The van der Waals surface area contributed by atoms with Crippen LogP contribution in [0.5, 0.6) is 5.75 Å². The second-order valence-electron chi connectivity index (χ2n) is 5.61. The summed E-state index contributed by atoms with van der Waals surface area (Å²) in [6.07, 6.45) is 0. The lowest BCUT2D eigenvalue weighted by Crippen LogP contribution is -2.09. The number of benzene rings is 3. The van der Waals surface area contributed by atoms with Crippen molar-refractivity contribution in [3.8, 4) is 17.6 Å². The molecule has 0 unspecified atom stereocenters. The summed E-state index contributed by atoms with van der Waals surface area (Å²) in [7, 11) is 1.62. The minimum atomic E-state index is -0.449. The molecule has 0 bridgehead atoms. The van der Waals surface area contributed by atoms with Crippen LogP contribution in [-0.4, -0.2) is 7.11 Å². The lowest BCUT2D eigenvalue weighted by Gasteiger charge is -2.16. The molecule has 3 rings (SSSR count). The van der Waals surface area contributed by atoms with Crippen LogP contribution in [0.25, 0.3) is 0 Å². The van der Waals surface area contributed by atoms with Gasteiger partial charge in [0.05, 0.1) is 12.1 Å². The Morgan fingerprint density at radius 1 is 1.00 bits per heavy atom. The Bertz CT molecular complexity index is 930. The fourth-order valence-electron chi connectivity index (χ4n) is 2.43. The first-order valence-corrected chi connectivity index (χ1v) is 8.45. The van der Waals surface area contributed by atoms with Gasteiger partial charge in [-0.3, -0.25) is 0 Å². The molecule has 3 aromatic carbocycles. The minimum absolute atomic E-state index is 0.0746. The molecule has 0 saturated heterocycles. The molecule has 0 aliphatic rings. The SMILES string of the molecule is COc1ccc(N[C@@H](C#Cc2ccccc2)c2ccc(F)c(Cl)c2)cc1. The predicted molar refractivity (Wildman–Crippen MR) is 104 cm³/mol. The van der Waals surface area contributed by atoms with Gasteiger partial charge in [-0.25, -0.2) is 4.39 Å². The van der Waals surface area contributed by atoms with Crippen LogP contribution in [0.3, 0.4) is 0 Å². The molecule has 0 heterocycles. The van der Waals surface area contributed by atoms with Gasteiger partial charge in [0.2, 0.25) is 0 Å². The van der Waals surface area contributed by atoms with Gasteiger partial charge in [0.25, 0.3) is 0 Å². The molecule has 130 valence electrons. The monoisotopic (exact) mass is 365 g/mol. The van der Waals surface area contributed by atoms with Crippen molar-refractivity contribution in [1.82, 2.24) is 0 Å². The third kappa shape index (κ3) is 4.56. The number of methoxy groups -OCH3 is 1. The Hall–Kier alpha value is -2.96. The van der Waals surface area contributed by atoms with Gasteiger partial charge in [-0.15, -0.1) is 0 Å². The maximum atomic E-state index is 13.5.